The highest BCUT2D eigenvalue weighted by Crippen LogP contribution is 2.22. The van der Waals surface area contributed by atoms with E-state index in [1.165, 1.54) is 6.08 Å². The van der Waals surface area contributed by atoms with E-state index in [-0.39, 0.29) is 6.61 Å². The number of hydrogen-bond acceptors (Lipinski definition) is 5. The molecular weight excluding hydrogens is 306 g/mol. The van der Waals surface area contributed by atoms with Gasteiger partial charge in [-0.1, -0.05) is 23.4 Å². The molecule has 5 nitrogen and oxygen atoms in total. The maximum atomic E-state index is 11.8. The van der Waals surface area contributed by atoms with E-state index in [0.717, 1.165) is 22.1 Å². The molecule has 0 atom stereocenters. The molecule has 0 saturated carbocycles. The lowest BCUT2D eigenvalue weighted by atomic mass is 10.1. The maximum absolute atomic E-state index is 11.8. The number of rotatable bonds is 5. The van der Waals surface area contributed by atoms with Crippen LogP contribution in [0.2, 0.25) is 0 Å². The lowest BCUT2D eigenvalue weighted by Gasteiger charge is -2.03. The number of aromatic nitrogens is 1. The third-order valence-corrected chi connectivity index (χ3v) is 3.52. The summed E-state index contributed by atoms with van der Waals surface area (Å²) in [6.45, 7) is 1.88. The van der Waals surface area contributed by atoms with Crippen LogP contribution >= 0.6 is 0 Å². The number of hydrogen-bond donors (Lipinski definition) is 0. The molecule has 0 aliphatic rings. The van der Waals surface area contributed by atoms with Crippen molar-refractivity contribution in [3.05, 3.63) is 65.6 Å². The summed E-state index contributed by atoms with van der Waals surface area (Å²) in [7, 11) is 1.64. The molecule has 3 rings (SSSR count). The predicted octanol–water partition coefficient (Wildman–Crippen LogP) is 3.90. The lowest BCUT2D eigenvalue weighted by Crippen LogP contribution is -2.00. The fourth-order valence-electron chi connectivity index (χ4n) is 2.32. The van der Waals surface area contributed by atoms with Crippen molar-refractivity contribution >= 4 is 22.8 Å². The number of benzene rings is 2. The number of ether oxygens (including phenoxy) is 2. The number of nitrogens with zero attached hydrogens (tertiary/aromatic N) is 1. The predicted molar refractivity (Wildman–Crippen MR) is 90.6 cm³/mol. The first kappa shape index (κ1) is 15.8. The Bertz CT molecular complexity index is 895. The van der Waals surface area contributed by atoms with Gasteiger partial charge in [-0.2, -0.15) is 0 Å². The highest BCUT2D eigenvalue weighted by Gasteiger charge is 2.03. The van der Waals surface area contributed by atoms with E-state index >= 15 is 0 Å². The van der Waals surface area contributed by atoms with Crippen LogP contribution in [0.5, 0.6) is 5.75 Å². The molecule has 0 unspecified atom stereocenters. The van der Waals surface area contributed by atoms with Crippen molar-refractivity contribution in [2.45, 2.75) is 13.5 Å². The Kier molecular flexibility index (Phi) is 4.61. The van der Waals surface area contributed by atoms with E-state index in [0.29, 0.717) is 11.5 Å². The molecule has 0 spiro atoms. The molecule has 1 heterocycles. The summed E-state index contributed by atoms with van der Waals surface area (Å²) in [5.41, 5.74) is 1.51. The Morgan fingerprint density at radius 1 is 1.17 bits per heavy atom. The van der Waals surface area contributed by atoms with Crippen LogP contribution < -0.4 is 4.74 Å². The Labute approximate surface area is 139 Å². The van der Waals surface area contributed by atoms with Crippen molar-refractivity contribution < 1.29 is 18.8 Å². The van der Waals surface area contributed by atoms with Crippen molar-refractivity contribution in [3.63, 3.8) is 0 Å². The zero-order chi connectivity index (χ0) is 16.9. The van der Waals surface area contributed by atoms with Gasteiger partial charge >= 0.3 is 5.97 Å². The average Bonchev–Trinajstić information content (AvgIpc) is 3.02. The van der Waals surface area contributed by atoms with E-state index in [9.17, 15) is 4.79 Å². The molecule has 0 fully saturated rings. The number of aryl methyl sites for hydroxylation is 1. The van der Waals surface area contributed by atoms with Crippen molar-refractivity contribution in [1.29, 1.82) is 0 Å². The van der Waals surface area contributed by atoms with E-state index in [1.807, 2.05) is 36.4 Å². The third-order valence-electron chi connectivity index (χ3n) is 3.52. The summed E-state index contributed by atoms with van der Waals surface area (Å²) >= 11 is 0. The second-order valence-corrected chi connectivity index (χ2v) is 5.34. The largest absolute Gasteiger partial charge is 0.497 e. The van der Waals surface area contributed by atoms with Crippen molar-refractivity contribution in [2.75, 3.05) is 7.11 Å². The summed E-state index contributed by atoms with van der Waals surface area (Å²) in [5, 5.41) is 5.92. The number of methoxy groups -OCH3 is 1. The molecule has 0 aliphatic carbocycles. The Morgan fingerprint density at radius 3 is 2.71 bits per heavy atom. The molecule has 2 aromatic carbocycles. The summed E-state index contributed by atoms with van der Waals surface area (Å²) < 4.78 is 15.2. The van der Waals surface area contributed by atoms with E-state index in [2.05, 4.69) is 5.16 Å². The van der Waals surface area contributed by atoms with Crippen LogP contribution in [-0.4, -0.2) is 18.2 Å². The smallest absolute Gasteiger partial charge is 0.331 e. The summed E-state index contributed by atoms with van der Waals surface area (Å²) in [4.78, 5) is 11.8. The normalized spacial score (nSPS) is 11.1. The van der Waals surface area contributed by atoms with Crippen LogP contribution in [-0.2, 0) is 16.1 Å². The molecule has 5 heteroatoms. The van der Waals surface area contributed by atoms with Gasteiger partial charge in [0.25, 0.3) is 0 Å². The van der Waals surface area contributed by atoms with Gasteiger partial charge in [0.1, 0.15) is 23.8 Å². The van der Waals surface area contributed by atoms with Gasteiger partial charge in [-0.3, -0.25) is 0 Å². The molecule has 122 valence electrons. The van der Waals surface area contributed by atoms with Crippen LogP contribution in [0.15, 0.2) is 53.1 Å². The summed E-state index contributed by atoms with van der Waals surface area (Å²) in [6.07, 6.45) is 3.12. The summed E-state index contributed by atoms with van der Waals surface area (Å²) in [5.74, 6) is 1.08. The fraction of sp³-hybridized carbons (Fsp3) is 0.158. The van der Waals surface area contributed by atoms with Crippen LogP contribution in [0.1, 0.15) is 17.0 Å². The molecule has 0 amide bonds. The average molecular weight is 323 g/mol. The lowest BCUT2D eigenvalue weighted by molar-refractivity contribution is -0.139. The zero-order valence-corrected chi connectivity index (χ0v) is 13.5. The van der Waals surface area contributed by atoms with E-state index in [4.69, 9.17) is 14.0 Å². The minimum atomic E-state index is -0.425. The Morgan fingerprint density at radius 2 is 1.96 bits per heavy atom. The first-order valence-corrected chi connectivity index (χ1v) is 7.49. The van der Waals surface area contributed by atoms with Crippen LogP contribution in [0.3, 0.4) is 0 Å². The molecule has 0 bridgehead atoms. The van der Waals surface area contributed by atoms with Crippen molar-refractivity contribution in [3.8, 4) is 5.75 Å². The van der Waals surface area contributed by atoms with Gasteiger partial charge in [0.2, 0.25) is 0 Å². The van der Waals surface area contributed by atoms with Gasteiger partial charge in [0.05, 0.1) is 7.11 Å². The standard InChI is InChI=1S/C19H17NO4/c1-13-9-17(20-24-13)12-23-19(21)8-4-14-3-5-16-11-18(22-2)7-6-15(16)10-14/h3-11H,12H2,1-2H3/b8-4+. The minimum Gasteiger partial charge on any atom is -0.497 e. The first-order chi connectivity index (χ1) is 11.6. The minimum absolute atomic E-state index is 0.0953. The second-order valence-electron chi connectivity index (χ2n) is 5.34. The second kappa shape index (κ2) is 7.00. The number of carbonyl (C=O) groups excluding carboxylic acids is 1. The van der Waals surface area contributed by atoms with Crippen molar-refractivity contribution in [2.24, 2.45) is 0 Å². The Balaban J connectivity index is 1.64. The highest BCUT2D eigenvalue weighted by atomic mass is 16.5. The molecule has 24 heavy (non-hydrogen) atoms. The van der Waals surface area contributed by atoms with Crippen LogP contribution in [0, 0.1) is 6.92 Å². The monoisotopic (exact) mass is 323 g/mol. The molecule has 0 aliphatic heterocycles. The molecular formula is C19H17NO4. The molecule has 0 radical (unpaired) electrons. The zero-order valence-electron chi connectivity index (χ0n) is 13.5. The fourth-order valence-corrected chi connectivity index (χ4v) is 2.32. The third kappa shape index (κ3) is 3.81. The molecule has 0 saturated heterocycles. The van der Waals surface area contributed by atoms with Gasteiger partial charge in [0, 0.05) is 12.1 Å². The van der Waals surface area contributed by atoms with Gasteiger partial charge < -0.3 is 14.0 Å². The molecule has 1 aromatic heterocycles. The highest BCUT2D eigenvalue weighted by molar-refractivity contribution is 5.90. The SMILES string of the molecule is COc1ccc2cc(/C=C/C(=O)OCc3cc(C)on3)ccc2c1. The Hall–Kier alpha value is -3.08. The van der Waals surface area contributed by atoms with E-state index < -0.39 is 5.97 Å². The van der Waals surface area contributed by atoms with Gasteiger partial charge in [-0.15, -0.1) is 0 Å². The van der Waals surface area contributed by atoms with Crippen molar-refractivity contribution in [1.82, 2.24) is 5.16 Å². The maximum Gasteiger partial charge on any atom is 0.331 e. The topological polar surface area (TPSA) is 61.6 Å². The van der Waals surface area contributed by atoms with E-state index in [1.54, 1.807) is 26.2 Å². The quantitative estimate of drug-likeness (QED) is 0.526. The number of carbonyl (C=O) groups is 1. The number of fused-ring (bicyclic) bond motifs is 1. The van der Waals surface area contributed by atoms with Gasteiger partial charge in [0.15, 0.2) is 0 Å². The number of esters is 1. The first-order valence-electron chi connectivity index (χ1n) is 7.49. The molecule has 0 N–H and O–H groups in total. The van der Waals surface area contributed by atoms with Gasteiger partial charge in [-0.25, -0.2) is 4.79 Å². The van der Waals surface area contributed by atoms with Gasteiger partial charge in [-0.05, 0) is 47.5 Å². The van der Waals surface area contributed by atoms with Crippen LogP contribution in [0.4, 0.5) is 0 Å². The molecule has 3 aromatic rings. The van der Waals surface area contributed by atoms with Crippen LogP contribution in [0.25, 0.3) is 16.8 Å². The summed E-state index contributed by atoms with van der Waals surface area (Å²) in [6, 6.07) is 13.5.